The molecule has 4 nitrogen and oxygen atoms in total. The van der Waals surface area contributed by atoms with Gasteiger partial charge >= 0.3 is 0 Å². The molecule has 116 valence electrons. The largest absolute Gasteiger partial charge is 0.353 e. The van der Waals surface area contributed by atoms with Crippen LogP contribution < -0.4 is 5.32 Å². The molecular weight excluding hydrogens is 250 g/mol. The monoisotopic (exact) mass is 281 g/mol. The third-order valence-electron chi connectivity index (χ3n) is 4.76. The number of nitrogens with one attached hydrogen (secondary N) is 1. The van der Waals surface area contributed by atoms with Crippen molar-refractivity contribution in [3.8, 4) is 0 Å². The molecule has 0 radical (unpaired) electrons. The fourth-order valence-corrected chi connectivity index (χ4v) is 3.46. The lowest BCUT2D eigenvalue weighted by atomic mass is 10.1. The fourth-order valence-electron chi connectivity index (χ4n) is 3.46. The molecular formula is C16H31N3O. The SMILES string of the molecule is CC(C)NC(=O)C(C)N1CCN(CC2CCCC2)CC1. The third kappa shape index (κ3) is 4.45. The molecule has 1 N–H and O–H groups in total. The molecule has 1 aliphatic carbocycles. The molecule has 0 aromatic rings. The van der Waals surface area contributed by atoms with Gasteiger partial charge in [0, 0.05) is 38.8 Å². The number of rotatable bonds is 5. The van der Waals surface area contributed by atoms with Crippen LogP contribution in [0.3, 0.4) is 0 Å². The van der Waals surface area contributed by atoms with Gasteiger partial charge in [0.2, 0.25) is 5.91 Å². The second-order valence-electron chi connectivity index (χ2n) is 6.83. The van der Waals surface area contributed by atoms with E-state index in [1.54, 1.807) is 0 Å². The third-order valence-corrected chi connectivity index (χ3v) is 4.76. The van der Waals surface area contributed by atoms with Gasteiger partial charge in [0.1, 0.15) is 0 Å². The molecule has 2 aliphatic rings. The van der Waals surface area contributed by atoms with E-state index >= 15 is 0 Å². The summed E-state index contributed by atoms with van der Waals surface area (Å²) in [6, 6.07) is 0.236. The lowest BCUT2D eigenvalue weighted by molar-refractivity contribution is -0.127. The van der Waals surface area contributed by atoms with Gasteiger partial charge in [0.15, 0.2) is 0 Å². The highest BCUT2D eigenvalue weighted by Gasteiger charge is 2.27. The molecule has 1 saturated heterocycles. The van der Waals surface area contributed by atoms with E-state index in [2.05, 4.69) is 15.1 Å². The van der Waals surface area contributed by atoms with Gasteiger partial charge in [0.25, 0.3) is 0 Å². The van der Waals surface area contributed by atoms with Crippen molar-refractivity contribution >= 4 is 5.91 Å². The molecule has 4 heteroatoms. The average molecular weight is 281 g/mol. The predicted octanol–water partition coefficient (Wildman–Crippen LogP) is 1.71. The van der Waals surface area contributed by atoms with Gasteiger partial charge in [-0.1, -0.05) is 12.8 Å². The molecule has 2 rings (SSSR count). The smallest absolute Gasteiger partial charge is 0.237 e. The molecule has 0 aromatic heterocycles. The summed E-state index contributed by atoms with van der Waals surface area (Å²) in [5.74, 6) is 1.10. The Labute approximate surface area is 123 Å². The van der Waals surface area contributed by atoms with Crippen molar-refractivity contribution in [3.05, 3.63) is 0 Å². The number of hydrogen-bond acceptors (Lipinski definition) is 3. The van der Waals surface area contributed by atoms with E-state index in [1.165, 1.54) is 32.2 Å². The zero-order chi connectivity index (χ0) is 14.5. The van der Waals surface area contributed by atoms with Gasteiger partial charge in [-0.15, -0.1) is 0 Å². The molecule has 0 spiro atoms. The van der Waals surface area contributed by atoms with Gasteiger partial charge in [-0.2, -0.15) is 0 Å². The van der Waals surface area contributed by atoms with Crippen LogP contribution in [0.4, 0.5) is 0 Å². The minimum Gasteiger partial charge on any atom is -0.353 e. The van der Waals surface area contributed by atoms with Crippen molar-refractivity contribution in [2.75, 3.05) is 32.7 Å². The topological polar surface area (TPSA) is 35.6 Å². The average Bonchev–Trinajstić information content (AvgIpc) is 2.91. The molecule has 1 amide bonds. The number of nitrogens with zero attached hydrogens (tertiary/aromatic N) is 2. The Balaban J connectivity index is 1.71. The fraction of sp³-hybridized carbons (Fsp3) is 0.938. The maximum Gasteiger partial charge on any atom is 0.237 e. The standard InChI is InChI=1S/C16H31N3O/c1-13(2)17-16(20)14(3)19-10-8-18(9-11-19)12-15-6-4-5-7-15/h13-15H,4-12H2,1-3H3,(H,17,20). The molecule has 1 aliphatic heterocycles. The van der Waals surface area contributed by atoms with Gasteiger partial charge in [-0.3, -0.25) is 9.69 Å². The Morgan fingerprint density at radius 3 is 2.25 bits per heavy atom. The highest BCUT2D eigenvalue weighted by molar-refractivity contribution is 5.81. The second kappa shape index (κ2) is 7.41. The summed E-state index contributed by atoms with van der Waals surface area (Å²) in [5, 5.41) is 3.02. The van der Waals surface area contributed by atoms with Crippen LogP contribution in [0.1, 0.15) is 46.5 Å². The van der Waals surface area contributed by atoms with Crippen molar-refractivity contribution in [1.29, 1.82) is 0 Å². The van der Waals surface area contributed by atoms with Crippen LogP contribution in [0.15, 0.2) is 0 Å². The Morgan fingerprint density at radius 1 is 1.10 bits per heavy atom. The van der Waals surface area contributed by atoms with Crippen LogP contribution in [0.5, 0.6) is 0 Å². The highest BCUT2D eigenvalue weighted by Crippen LogP contribution is 2.25. The van der Waals surface area contributed by atoms with Gasteiger partial charge in [-0.25, -0.2) is 0 Å². The van der Waals surface area contributed by atoms with Crippen molar-refractivity contribution < 1.29 is 4.79 Å². The number of piperazine rings is 1. The normalized spacial score (nSPS) is 24.2. The minimum atomic E-state index is 0.00558. The second-order valence-corrected chi connectivity index (χ2v) is 6.83. The highest BCUT2D eigenvalue weighted by atomic mass is 16.2. The summed E-state index contributed by atoms with van der Waals surface area (Å²) >= 11 is 0. The van der Waals surface area contributed by atoms with Crippen LogP contribution in [0, 0.1) is 5.92 Å². The number of carbonyl (C=O) groups is 1. The first kappa shape index (κ1) is 15.8. The molecule has 0 aromatic carbocycles. The van der Waals surface area contributed by atoms with E-state index in [1.807, 2.05) is 20.8 Å². The zero-order valence-corrected chi connectivity index (χ0v) is 13.4. The maximum atomic E-state index is 12.0. The molecule has 1 atom stereocenters. The Hall–Kier alpha value is -0.610. The summed E-state index contributed by atoms with van der Waals surface area (Å²) in [6.07, 6.45) is 5.70. The van der Waals surface area contributed by atoms with Crippen LogP contribution >= 0.6 is 0 Å². The molecule has 1 heterocycles. The van der Waals surface area contributed by atoms with Crippen molar-refractivity contribution in [3.63, 3.8) is 0 Å². The van der Waals surface area contributed by atoms with Gasteiger partial charge in [0.05, 0.1) is 6.04 Å². The first-order valence-corrected chi connectivity index (χ1v) is 8.33. The lowest BCUT2D eigenvalue weighted by Crippen LogP contribution is -2.55. The van der Waals surface area contributed by atoms with Gasteiger partial charge < -0.3 is 10.2 Å². The first-order chi connectivity index (χ1) is 9.56. The van der Waals surface area contributed by atoms with Crippen molar-refractivity contribution in [2.24, 2.45) is 5.92 Å². The summed E-state index contributed by atoms with van der Waals surface area (Å²) in [4.78, 5) is 17.0. The lowest BCUT2D eigenvalue weighted by Gasteiger charge is -2.38. The quantitative estimate of drug-likeness (QED) is 0.833. The van der Waals surface area contributed by atoms with E-state index in [-0.39, 0.29) is 18.0 Å². The van der Waals surface area contributed by atoms with E-state index < -0.39 is 0 Å². The molecule has 0 bridgehead atoms. The van der Waals surface area contributed by atoms with Crippen LogP contribution in [0.2, 0.25) is 0 Å². The van der Waals surface area contributed by atoms with E-state index in [9.17, 15) is 4.79 Å². The molecule has 2 fully saturated rings. The Bertz CT molecular complexity index is 305. The Kier molecular flexibility index (Phi) is 5.85. The number of hydrogen-bond donors (Lipinski definition) is 1. The minimum absolute atomic E-state index is 0.00558. The van der Waals surface area contributed by atoms with E-state index in [0.29, 0.717) is 0 Å². The van der Waals surface area contributed by atoms with Crippen LogP contribution in [-0.2, 0) is 4.79 Å². The maximum absolute atomic E-state index is 12.0. The van der Waals surface area contributed by atoms with Crippen molar-refractivity contribution in [1.82, 2.24) is 15.1 Å². The molecule has 1 unspecified atom stereocenters. The summed E-state index contributed by atoms with van der Waals surface area (Å²) < 4.78 is 0. The summed E-state index contributed by atoms with van der Waals surface area (Å²) in [5.41, 5.74) is 0. The summed E-state index contributed by atoms with van der Waals surface area (Å²) in [7, 11) is 0. The van der Waals surface area contributed by atoms with E-state index in [4.69, 9.17) is 0 Å². The van der Waals surface area contributed by atoms with E-state index in [0.717, 1.165) is 32.1 Å². The predicted molar refractivity (Wildman–Crippen MR) is 82.7 cm³/mol. The van der Waals surface area contributed by atoms with Crippen LogP contribution in [0.25, 0.3) is 0 Å². The summed E-state index contributed by atoms with van der Waals surface area (Å²) in [6.45, 7) is 11.6. The zero-order valence-electron chi connectivity index (χ0n) is 13.4. The first-order valence-electron chi connectivity index (χ1n) is 8.33. The number of amides is 1. The number of carbonyl (C=O) groups excluding carboxylic acids is 1. The molecule has 1 saturated carbocycles. The molecule has 20 heavy (non-hydrogen) atoms. The Morgan fingerprint density at radius 2 is 1.70 bits per heavy atom. The van der Waals surface area contributed by atoms with Crippen molar-refractivity contribution in [2.45, 2.75) is 58.5 Å². The van der Waals surface area contributed by atoms with Gasteiger partial charge in [-0.05, 0) is 39.5 Å². The van der Waals surface area contributed by atoms with Crippen LogP contribution in [-0.4, -0.2) is 60.5 Å².